The zero-order chi connectivity index (χ0) is 4.28. The van der Waals surface area contributed by atoms with Crippen molar-refractivity contribution in [2.45, 2.75) is 0 Å². The molecular formula is H3AgBNaO3Si. The summed E-state index contributed by atoms with van der Waals surface area (Å²) in [6, 6.07) is 0. The predicted octanol–water partition coefficient (Wildman–Crippen LogP) is -7.01. The molecular weight excluding hydrogens is 218 g/mol. The van der Waals surface area contributed by atoms with E-state index in [0.29, 0.717) is 0 Å². The maximum absolute atomic E-state index is 9.15. The molecule has 0 fully saturated rings. The second-order valence-corrected chi connectivity index (χ2v) is 0.996. The molecule has 0 aromatic heterocycles. The monoisotopic (exact) mass is 220 g/mol. The third-order valence-electron chi connectivity index (χ3n) is 0.192. The largest absolute Gasteiger partial charge is 1.00 e. The van der Waals surface area contributed by atoms with Crippen molar-refractivity contribution >= 4 is 17.8 Å². The van der Waals surface area contributed by atoms with Crippen molar-refractivity contribution in [1.29, 1.82) is 0 Å². The van der Waals surface area contributed by atoms with Gasteiger partial charge in [0.25, 0.3) is 0 Å². The van der Waals surface area contributed by atoms with Gasteiger partial charge in [0.05, 0.1) is 0 Å². The molecule has 0 unspecified atom stereocenters. The van der Waals surface area contributed by atoms with E-state index in [1.54, 1.807) is 0 Å². The van der Waals surface area contributed by atoms with Gasteiger partial charge in [0.15, 0.2) is 0 Å². The van der Waals surface area contributed by atoms with E-state index in [2.05, 4.69) is 4.34 Å². The molecule has 0 heterocycles. The zero-order valence-corrected chi connectivity index (χ0v) is 9.59. The van der Waals surface area contributed by atoms with Gasteiger partial charge in [-0.25, -0.2) is 0 Å². The number of hydrogen-bond donors (Lipinski definition) is 0. The van der Waals surface area contributed by atoms with E-state index in [4.69, 9.17) is 10.0 Å². The van der Waals surface area contributed by atoms with Gasteiger partial charge in [0.1, 0.15) is 10.5 Å². The standard InChI is InChI=1S/Ag.BH3O3Si.Na/c;2-1(3)4-5;/h;5H3;/q+1;-2;+1. The Kier molecular flexibility index (Phi) is 24.6. The Hall–Kier alpha value is 1.90. The minimum Gasteiger partial charge on any atom is -0.872 e. The van der Waals surface area contributed by atoms with Crippen LogP contribution in [0.25, 0.3) is 0 Å². The first-order valence-electron chi connectivity index (χ1n) is 1.12. The van der Waals surface area contributed by atoms with Crippen molar-refractivity contribution in [2.75, 3.05) is 0 Å². The van der Waals surface area contributed by atoms with Crippen molar-refractivity contribution in [3.05, 3.63) is 0 Å². The van der Waals surface area contributed by atoms with Crippen molar-refractivity contribution in [1.82, 2.24) is 0 Å². The van der Waals surface area contributed by atoms with Gasteiger partial charge >= 0.3 is 51.9 Å². The van der Waals surface area contributed by atoms with Crippen LogP contribution >= 0.6 is 0 Å². The summed E-state index contributed by atoms with van der Waals surface area (Å²) in [7, 11) is -1.81. The molecule has 0 aliphatic carbocycles. The molecule has 0 amide bonds. The molecule has 0 atom stereocenters. The Morgan fingerprint density at radius 3 is 1.57 bits per heavy atom. The molecule has 0 N–H and O–H groups in total. The van der Waals surface area contributed by atoms with E-state index >= 15 is 0 Å². The van der Waals surface area contributed by atoms with Crippen molar-refractivity contribution in [2.24, 2.45) is 0 Å². The van der Waals surface area contributed by atoms with Crippen LogP contribution in [0.2, 0.25) is 0 Å². The van der Waals surface area contributed by atoms with E-state index in [1.807, 2.05) is 0 Å². The van der Waals surface area contributed by atoms with Gasteiger partial charge in [-0.2, -0.15) is 0 Å². The molecule has 0 saturated carbocycles. The van der Waals surface area contributed by atoms with Crippen LogP contribution in [0.3, 0.4) is 0 Å². The Labute approximate surface area is 83.3 Å². The van der Waals surface area contributed by atoms with E-state index in [1.165, 1.54) is 0 Å². The molecule has 0 radical (unpaired) electrons. The summed E-state index contributed by atoms with van der Waals surface area (Å²) >= 11 is 0. The first-order valence-corrected chi connectivity index (χ1v) is 1.93. The first-order chi connectivity index (χ1) is 2.27. The van der Waals surface area contributed by atoms with Crippen LogP contribution in [0.4, 0.5) is 0 Å². The summed E-state index contributed by atoms with van der Waals surface area (Å²) in [5.41, 5.74) is 0. The Morgan fingerprint density at radius 2 is 1.57 bits per heavy atom. The average Bonchev–Trinajstić information content (AvgIpc) is 1.38. The summed E-state index contributed by atoms with van der Waals surface area (Å²) < 4.78 is 3.78. The Bertz CT molecular complexity index is 28.9. The van der Waals surface area contributed by atoms with E-state index < -0.39 is 7.32 Å². The molecule has 0 saturated heterocycles. The SMILES string of the molecule is [Ag+].[Na+].[O-]B([O-])O[SiH3]. The van der Waals surface area contributed by atoms with Crippen molar-refractivity contribution < 1.29 is 66.3 Å². The minimum atomic E-state index is -2.05. The Morgan fingerprint density at radius 1 is 1.43 bits per heavy atom. The van der Waals surface area contributed by atoms with Gasteiger partial charge in [-0.1, -0.05) is 0 Å². The predicted molar refractivity (Wildman–Crippen MR) is 16.8 cm³/mol. The second kappa shape index (κ2) is 10.8. The summed E-state index contributed by atoms with van der Waals surface area (Å²) in [5, 5.41) is 18.3. The van der Waals surface area contributed by atoms with Gasteiger partial charge < -0.3 is 14.4 Å². The average molecular weight is 221 g/mol. The fraction of sp³-hybridized carbons (Fsp3) is 0. The number of hydrogen-bond acceptors (Lipinski definition) is 3. The summed E-state index contributed by atoms with van der Waals surface area (Å²) in [6.45, 7) is 0. The topological polar surface area (TPSA) is 55.3 Å². The maximum Gasteiger partial charge on any atom is 1.00 e. The molecule has 0 aliphatic rings. The molecule has 7 heteroatoms. The van der Waals surface area contributed by atoms with Crippen molar-refractivity contribution in [3.63, 3.8) is 0 Å². The van der Waals surface area contributed by atoms with Gasteiger partial charge in [-0.15, -0.1) is 0 Å². The smallest absolute Gasteiger partial charge is 0.872 e. The quantitative estimate of drug-likeness (QED) is 0.413. The second-order valence-electron chi connectivity index (χ2n) is 0.524. The molecule has 40 valence electrons. The van der Waals surface area contributed by atoms with Crippen LogP contribution in [0, 0.1) is 0 Å². The first kappa shape index (κ1) is 16.0. The fourth-order valence-electron chi connectivity index (χ4n) is 0. The summed E-state index contributed by atoms with van der Waals surface area (Å²) in [4.78, 5) is 0. The van der Waals surface area contributed by atoms with Gasteiger partial charge in [-0.3, -0.25) is 0 Å². The molecule has 0 rings (SSSR count). The fourth-order valence-corrected chi connectivity index (χ4v) is 0. The van der Waals surface area contributed by atoms with Crippen LogP contribution in [-0.4, -0.2) is 17.8 Å². The van der Waals surface area contributed by atoms with Crippen LogP contribution < -0.4 is 39.6 Å². The Balaban J connectivity index is -0.0000000800. The van der Waals surface area contributed by atoms with Crippen LogP contribution in [0.1, 0.15) is 0 Å². The zero-order valence-electron chi connectivity index (χ0n) is 4.10. The molecule has 0 spiro atoms. The van der Waals surface area contributed by atoms with Crippen LogP contribution in [0.15, 0.2) is 0 Å². The minimum absolute atomic E-state index is 0. The normalized spacial score (nSPS) is 6.00. The molecule has 0 aliphatic heterocycles. The third-order valence-corrected chi connectivity index (χ3v) is 0.577. The molecule has 0 aromatic rings. The third kappa shape index (κ3) is 18.1. The van der Waals surface area contributed by atoms with Gasteiger partial charge in [-0.05, 0) is 0 Å². The maximum atomic E-state index is 9.15. The number of rotatable bonds is 1. The van der Waals surface area contributed by atoms with E-state index in [-0.39, 0.29) is 62.4 Å². The van der Waals surface area contributed by atoms with Crippen LogP contribution in [0.5, 0.6) is 0 Å². The molecule has 0 aromatic carbocycles. The summed E-state index contributed by atoms with van der Waals surface area (Å²) in [5.74, 6) is 0. The molecule has 0 bridgehead atoms. The van der Waals surface area contributed by atoms with Crippen molar-refractivity contribution in [3.8, 4) is 0 Å². The molecule has 3 nitrogen and oxygen atoms in total. The van der Waals surface area contributed by atoms with E-state index in [0.717, 1.165) is 0 Å². The molecule has 7 heavy (non-hydrogen) atoms. The summed E-state index contributed by atoms with van der Waals surface area (Å²) in [6.07, 6.45) is 0. The van der Waals surface area contributed by atoms with Gasteiger partial charge in [0, 0.05) is 7.32 Å². The van der Waals surface area contributed by atoms with Gasteiger partial charge in [0.2, 0.25) is 0 Å². The van der Waals surface area contributed by atoms with Crippen LogP contribution in [-0.2, 0) is 26.7 Å². The van der Waals surface area contributed by atoms with E-state index in [9.17, 15) is 0 Å².